The van der Waals surface area contributed by atoms with Crippen molar-refractivity contribution in [3.63, 3.8) is 0 Å². The van der Waals surface area contributed by atoms with Crippen LogP contribution in [0.15, 0.2) is 72.9 Å². The van der Waals surface area contributed by atoms with E-state index in [1.165, 1.54) is 4.90 Å². The van der Waals surface area contributed by atoms with E-state index in [1.807, 2.05) is 62.4 Å². The number of para-hydroxylation sites is 1. The normalized spacial score (nSPS) is 13.4. The van der Waals surface area contributed by atoms with Gasteiger partial charge in [-0.15, -0.1) is 0 Å². The van der Waals surface area contributed by atoms with Crippen molar-refractivity contribution in [1.82, 2.24) is 14.9 Å². The van der Waals surface area contributed by atoms with Crippen LogP contribution < -0.4 is 29.3 Å². The van der Waals surface area contributed by atoms with Gasteiger partial charge in [-0.1, -0.05) is 24.3 Å². The molecule has 1 amide bonds. The maximum absolute atomic E-state index is 13.8. The number of carbonyl (C=O) groups excluding carboxylic acids is 1. The predicted octanol–water partition coefficient (Wildman–Crippen LogP) is 5.81. The van der Waals surface area contributed by atoms with Crippen molar-refractivity contribution in [1.29, 1.82) is 0 Å². The summed E-state index contributed by atoms with van der Waals surface area (Å²) in [6, 6.07) is 21.1. The lowest BCUT2D eigenvalue weighted by atomic mass is 10.1. The Kier molecular flexibility index (Phi) is 9.26. The van der Waals surface area contributed by atoms with Gasteiger partial charge >= 0.3 is 6.09 Å². The molecule has 1 N–H and O–H groups in total. The average molecular weight is 583 g/mol. The number of aryl methyl sites for hydroxylation is 2. The molecule has 0 aliphatic carbocycles. The second kappa shape index (κ2) is 13.4. The molecule has 0 atom stereocenters. The van der Waals surface area contributed by atoms with Gasteiger partial charge in [0.2, 0.25) is 5.95 Å². The summed E-state index contributed by atoms with van der Waals surface area (Å²) in [4.78, 5) is 29.2. The summed E-state index contributed by atoms with van der Waals surface area (Å²) in [5.74, 6) is 2.50. The summed E-state index contributed by atoms with van der Waals surface area (Å²) < 4.78 is 17.0. The third-order valence-electron chi connectivity index (χ3n) is 7.52. The van der Waals surface area contributed by atoms with Gasteiger partial charge < -0.3 is 29.3 Å². The van der Waals surface area contributed by atoms with Crippen molar-refractivity contribution in [2.75, 3.05) is 62.6 Å². The first kappa shape index (κ1) is 29.7. The van der Waals surface area contributed by atoms with Gasteiger partial charge in [-0.3, -0.25) is 4.90 Å². The van der Waals surface area contributed by atoms with Gasteiger partial charge in [0.1, 0.15) is 23.1 Å². The number of nitrogens with zero attached hydrogens (tertiary/aromatic N) is 5. The van der Waals surface area contributed by atoms with Gasteiger partial charge in [-0.25, -0.2) is 9.78 Å². The van der Waals surface area contributed by atoms with E-state index >= 15 is 0 Å². The minimum absolute atomic E-state index is 0.124. The van der Waals surface area contributed by atoms with Crippen molar-refractivity contribution < 1.29 is 19.0 Å². The molecule has 1 aliphatic heterocycles. The molecule has 1 aliphatic rings. The number of anilines is 4. The lowest BCUT2D eigenvalue weighted by molar-refractivity contribution is 0.206. The van der Waals surface area contributed by atoms with Crippen molar-refractivity contribution in [3.05, 3.63) is 89.6 Å². The van der Waals surface area contributed by atoms with E-state index in [0.29, 0.717) is 29.0 Å². The first-order valence-electron chi connectivity index (χ1n) is 14.2. The number of hydrogen-bond acceptors (Lipinski definition) is 9. The van der Waals surface area contributed by atoms with Crippen LogP contribution in [0.2, 0.25) is 0 Å². The summed E-state index contributed by atoms with van der Waals surface area (Å²) >= 11 is 0. The van der Waals surface area contributed by atoms with Crippen molar-refractivity contribution in [2.45, 2.75) is 20.4 Å². The fourth-order valence-corrected chi connectivity index (χ4v) is 5.05. The van der Waals surface area contributed by atoms with E-state index in [0.717, 1.165) is 54.2 Å². The average Bonchev–Trinajstić information content (AvgIpc) is 3.02. The fraction of sp³-hybridized carbons (Fsp3) is 0.303. The third kappa shape index (κ3) is 7.15. The highest BCUT2D eigenvalue weighted by atomic mass is 16.6. The smallest absolute Gasteiger partial charge is 0.421 e. The number of benzene rings is 3. The first-order valence-corrected chi connectivity index (χ1v) is 14.2. The van der Waals surface area contributed by atoms with E-state index in [4.69, 9.17) is 19.2 Å². The second-order valence-electron chi connectivity index (χ2n) is 10.6. The van der Waals surface area contributed by atoms with E-state index in [2.05, 4.69) is 39.3 Å². The molecular weight excluding hydrogens is 544 g/mol. The van der Waals surface area contributed by atoms with E-state index in [-0.39, 0.29) is 6.54 Å². The number of rotatable bonds is 9. The molecule has 4 aromatic rings. The number of amides is 1. The van der Waals surface area contributed by atoms with Crippen LogP contribution in [0.25, 0.3) is 0 Å². The predicted molar refractivity (Wildman–Crippen MR) is 169 cm³/mol. The molecule has 10 heteroatoms. The quantitative estimate of drug-likeness (QED) is 0.262. The Labute approximate surface area is 252 Å². The number of nitrogens with one attached hydrogen (secondary N) is 1. The monoisotopic (exact) mass is 582 g/mol. The molecule has 1 saturated heterocycles. The van der Waals surface area contributed by atoms with E-state index in [1.54, 1.807) is 26.5 Å². The van der Waals surface area contributed by atoms with Gasteiger partial charge in [-0.05, 0) is 74.5 Å². The molecule has 0 saturated carbocycles. The molecule has 10 nitrogen and oxygen atoms in total. The molecule has 5 rings (SSSR count). The summed E-state index contributed by atoms with van der Waals surface area (Å²) in [5.41, 5.74) is 4.44. The minimum atomic E-state index is -0.580. The fourth-order valence-electron chi connectivity index (χ4n) is 5.05. The number of methoxy groups -OCH3 is 2. The van der Waals surface area contributed by atoms with Crippen molar-refractivity contribution in [3.8, 4) is 17.2 Å². The highest BCUT2D eigenvalue weighted by molar-refractivity contribution is 5.88. The highest BCUT2D eigenvalue weighted by Crippen LogP contribution is 2.30. The number of hydrogen-bond donors (Lipinski definition) is 1. The largest absolute Gasteiger partial charge is 0.497 e. The molecule has 3 aromatic carbocycles. The Bertz CT molecular complexity index is 1550. The van der Waals surface area contributed by atoms with Crippen LogP contribution >= 0.6 is 0 Å². The number of ether oxygens (including phenoxy) is 3. The Morgan fingerprint density at radius 3 is 2.40 bits per heavy atom. The van der Waals surface area contributed by atoms with Crippen LogP contribution in [0.5, 0.6) is 17.2 Å². The molecule has 0 bridgehead atoms. The number of likely N-dealkylation sites (N-methyl/N-ethyl adjacent to an activating group) is 1. The zero-order valence-corrected chi connectivity index (χ0v) is 25.3. The first-order chi connectivity index (χ1) is 20.8. The van der Waals surface area contributed by atoms with Gasteiger partial charge in [-0.2, -0.15) is 4.98 Å². The van der Waals surface area contributed by atoms with Crippen molar-refractivity contribution in [2.24, 2.45) is 0 Å². The van der Waals surface area contributed by atoms with Gasteiger partial charge in [0.15, 0.2) is 0 Å². The topological polar surface area (TPSA) is 92.3 Å². The summed E-state index contributed by atoms with van der Waals surface area (Å²) in [5, 5.41) is 3.32. The lowest BCUT2D eigenvalue weighted by Crippen LogP contribution is -2.44. The van der Waals surface area contributed by atoms with E-state index < -0.39 is 6.09 Å². The van der Waals surface area contributed by atoms with Gasteiger partial charge in [0, 0.05) is 49.3 Å². The molecule has 2 heterocycles. The summed E-state index contributed by atoms with van der Waals surface area (Å²) in [6.45, 7) is 7.93. The van der Waals surface area contributed by atoms with Gasteiger partial charge in [0.25, 0.3) is 0 Å². The second-order valence-corrected chi connectivity index (χ2v) is 10.6. The van der Waals surface area contributed by atoms with Crippen LogP contribution in [0.1, 0.15) is 16.7 Å². The van der Waals surface area contributed by atoms with Crippen LogP contribution in [-0.4, -0.2) is 68.4 Å². The molecule has 1 fully saturated rings. The maximum atomic E-state index is 13.8. The van der Waals surface area contributed by atoms with Crippen LogP contribution in [0, 0.1) is 13.8 Å². The Morgan fingerprint density at radius 1 is 0.930 bits per heavy atom. The number of piperazine rings is 1. The number of carbonyl (C=O) groups is 1. The molecular formula is C33H38N6O4. The third-order valence-corrected chi connectivity index (χ3v) is 7.52. The molecule has 0 radical (unpaired) electrons. The summed E-state index contributed by atoms with van der Waals surface area (Å²) in [7, 11) is 5.33. The zero-order chi connectivity index (χ0) is 30.3. The minimum Gasteiger partial charge on any atom is -0.497 e. The van der Waals surface area contributed by atoms with E-state index in [9.17, 15) is 4.79 Å². The zero-order valence-electron chi connectivity index (χ0n) is 25.3. The highest BCUT2D eigenvalue weighted by Gasteiger charge is 2.24. The molecule has 0 unspecified atom stereocenters. The van der Waals surface area contributed by atoms with Crippen LogP contribution in [0.4, 0.5) is 27.9 Å². The maximum Gasteiger partial charge on any atom is 0.421 e. The van der Waals surface area contributed by atoms with Crippen LogP contribution in [0.3, 0.4) is 0 Å². The molecule has 43 heavy (non-hydrogen) atoms. The Hall–Kier alpha value is -4.83. The van der Waals surface area contributed by atoms with Crippen LogP contribution in [-0.2, 0) is 6.54 Å². The van der Waals surface area contributed by atoms with Crippen molar-refractivity contribution >= 4 is 29.2 Å². The molecule has 224 valence electrons. The lowest BCUT2D eigenvalue weighted by Gasteiger charge is -2.34. The summed E-state index contributed by atoms with van der Waals surface area (Å²) in [6.07, 6.45) is 1.04. The molecule has 1 aromatic heterocycles. The van der Waals surface area contributed by atoms with Gasteiger partial charge in [0.05, 0.1) is 20.8 Å². The molecule has 0 spiro atoms. The SMILES string of the molecule is COc1ccc(OC)c(CN(C(=O)Oc2c(C)cccc2C)c2ccnc(Nc3cccc(N4CCN(C)CC4)c3)n2)c1. The standard InChI is InChI=1S/C33H38N6O4/c1-23-8-6-9-24(2)31(23)43-33(40)39(22-25-20-28(41-4)12-13-29(25)42-5)30-14-15-34-32(36-30)35-26-10-7-11-27(21-26)38-18-16-37(3)17-19-38/h6-15,20-21H,16-19,22H2,1-5H3,(H,34,35,36). The Morgan fingerprint density at radius 2 is 1.67 bits per heavy atom. The number of aromatic nitrogens is 2. The Balaban J connectivity index is 1.45.